The first-order chi connectivity index (χ1) is 8.69. The van der Waals surface area contributed by atoms with Crippen molar-refractivity contribution in [2.75, 3.05) is 11.9 Å². The van der Waals surface area contributed by atoms with Crippen molar-refractivity contribution >= 4 is 11.9 Å². The number of carbonyl (C=O) groups excluding carboxylic acids is 1. The summed E-state index contributed by atoms with van der Waals surface area (Å²) in [6.45, 7) is 4.17. The van der Waals surface area contributed by atoms with Gasteiger partial charge in [-0.25, -0.2) is 0 Å². The lowest BCUT2D eigenvalue weighted by molar-refractivity contribution is 0.102. The molecule has 18 heavy (non-hydrogen) atoms. The van der Waals surface area contributed by atoms with Gasteiger partial charge in [-0.05, 0) is 38.1 Å². The molecule has 0 fully saturated rings. The molecule has 0 saturated heterocycles. The summed E-state index contributed by atoms with van der Waals surface area (Å²) >= 11 is 0. The lowest BCUT2D eigenvalue weighted by atomic mass is 10.2. The predicted molar refractivity (Wildman–Crippen MR) is 64.6 cm³/mol. The molecule has 0 saturated carbocycles. The van der Waals surface area contributed by atoms with Gasteiger partial charge in [0, 0.05) is 5.56 Å². The second-order valence-corrected chi connectivity index (χ2v) is 3.56. The molecule has 0 unspecified atom stereocenters. The number of anilines is 1. The zero-order valence-corrected chi connectivity index (χ0v) is 10.1. The Morgan fingerprint density at radius 2 is 2.11 bits per heavy atom. The molecule has 0 bridgehead atoms. The lowest BCUT2D eigenvalue weighted by Gasteiger charge is -2.04. The molecule has 1 N–H and O–H groups in total. The van der Waals surface area contributed by atoms with Crippen LogP contribution in [0.25, 0.3) is 0 Å². The van der Waals surface area contributed by atoms with Gasteiger partial charge in [0.05, 0.1) is 6.61 Å². The molecule has 1 aromatic heterocycles. The zero-order valence-electron chi connectivity index (χ0n) is 10.1. The third-order valence-electron chi connectivity index (χ3n) is 2.18. The molecular weight excluding hydrogens is 234 g/mol. The van der Waals surface area contributed by atoms with E-state index < -0.39 is 0 Å². The van der Waals surface area contributed by atoms with Gasteiger partial charge >= 0.3 is 6.01 Å². The second kappa shape index (κ2) is 5.31. The van der Waals surface area contributed by atoms with Crippen molar-refractivity contribution in [3.63, 3.8) is 0 Å². The molecule has 1 heterocycles. The Morgan fingerprint density at radius 1 is 1.39 bits per heavy atom. The van der Waals surface area contributed by atoms with Gasteiger partial charge in [-0.15, -0.1) is 0 Å². The standard InChI is InChI=1S/C12H13N3O3/c1-3-17-10-6-4-9(5-7-10)11(16)14-12-13-8(2)15-18-12/h4-7H,3H2,1-2H3,(H,13,14,15,16). The van der Waals surface area contributed by atoms with E-state index in [2.05, 4.69) is 15.5 Å². The molecule has 2 aromatic rings. The van der Waals surface area contributed by atoms with Crippen LogP contribution < -0.4 is 10.1 Å². The molecule has 1 aromatic carbocycles. The molecular formula is C12H13N3O3. The number of hydrogen-bond donors (Lipinski definition) is 1. The summed E-state index contributed by atoms with van der Waals surface area (Å²) in [5.74, 6) is 0.890. The summed E-state index contributed by atoms with van der Waals surface area (Å²) in [6.07, 6.45) is 0. The molecule has 6 nitrogen and oxygen atoms in total. The minimum Gasteiger partial charge on any atom is -0.494 e. The number of rotatable bonds is 4. The monoisotopic (exact) mass is 247 g/mol. The third kappa shape index (κ3) is 2.85. The van der Waals surface area contributed by atoms with E-state index in [0.29, 0.717) is 18.0 Å². The fourth-order valence-electron chi connectivity index (χ4n) is 1.39. The van der Waals surface area contributed by atoms with Crippen LogP contribution in [0.2, 0.25) is 0 Å². The van der Waals surface area contributed by atoms with Gasteiger partial charge in [0.15, 0.2) is 5.82 Å². The summed E-state index contributed by atoms with van der Waals surface area (Å²) < 4.78 is 10.1. The minimum atomic E-state index is -0.304. The number of amides is 1. The number of hydrogen-bond acceptors (Lipinski definition) is 5. The van der Waals surface area contributed by atoms with E-state index >= 15 is 0 Å². The first kappa shape index (κ1) is 12.1. The largest absolute Gasteiger partial charge is 0.494 e. The van der Waals surface area contributed by atoms with E-state index in [1.54, 1.807) is 31.2 Å². The normalized spacial score (nSPS) is 10.1. The van der Waals surface area contributed by atoms with Crippen molar-refractivity contribution < 1.29 is 14.1 Å². The number of carbonyl (C=O) groups is 1. The lowest BCUT2D eigenvalue weighted by Crippen LogP contribution is -2.12. The van der Waals surface area contributed by atoms with Crippen molar-refractivity contribution in [1.82, 2.24) is 10.1 Å². The third-order valence-corrected chi connectivity index (χ3v) is 2.18. The van der Waals surface area contributed by atoms with Gasteiger partial charge in [0.25, 0.3) is 5.91 Å². The van der Waals surface area contributed by atoms with Crippen LogP contribution in [0.4, 0.5) is 6.01 Å². The molecule has 94 valence electrons. The van der Waals surface area contributed by atoms with E-state index in [-0.39, 0.29) is 11.9 Å². The average molecular weight is 247 g/mol. The fraction of sp³-hybridized carbons (Fsp3) is 0.250. The summed E-state index contributed by atoms with van der Waals surface area (Å²) in [5.41, 5.74) is 0.495. The van der Waals surface area contributed by atoms with E-state index in [9.17, 15) is 4.79 Å². The Bertz CT molecular complexity index is 534. The first-order valence-electron chi connectivity index (χ1n) is 5.53. The predicted octanol–water partition coefficient (Wildman–Crippen LogP) is 2.03. The molecule has 6 heteroatoms. The second-order valence-electron chi connectivity index (χ2n) is 3.56. The Hall–Kier alpha value is -2.37. The quantitative estimate of drug-likeness (QED) is 0.894. The van der Waals surface area contributed by atoms with Gasteiger partial charge in [-0.1, -0.05) is 5.16 Å². The molecule has 2 rings (SSSR count). The highest BCUT2D eigenvalue weighted by molar-refractivity contribution is 6.03. The zero-order chi connectivity index (χ0) is 13.0. The van der Waals surface area contributed by atoms with E-state index in [1.165, 1.54) is 0 Å². The number of nitrogens with zero attached hydrogens (tertiary/aromatic N) is 2. The Balaban J connectivity index is 2.04. The van der Waals surface area contributed by atoms with Crippen molar-refractivity contribution in [2.45, 2.75) is 13.8 Å². The number of aryl methyl sites for hydroxylation is 1. The van der Waals surface area contributed by atoms with Gasteiger partial charge < -0.3 is 9.26 Å². The molecule has 0 aliphatic carbocycles. The van der Waals surface area contributed by atoms with Crippen molar-refractivity contribution in [2.24, 2.45) is 0 Å². The van der Waals surface area contributed by atoms with Gasteiger partial charge in [-0.3, -0.25) is 10.1 Å². The van der Waals surface area contributed by atoms with Crippen LogP contribution in [0.15, 0.2) is 28.8 Å². The van der Waals surface area contributed by atoms with Crippen molar-refractivity contribution in [1.29, 1.82) is 0 Å². The molecule has 1 amide bonds. The number of aromatic nitrogens is 2. The van der Waals surface area contributed by atoms with Crippen molar-refractivity contribution in [3.05, 3.63) is 35.7 Å². The SMILES string of the molecule is CCOc1ccc(C(=O)Nc2nc(C)no2)cc1. The highest BCUT2D eigenvalue weighted by Crippen LogP contribution is 2.13. The van der Waals surface area contributed by atoms with Gasteiger partial charge in [-0.2, -0.15) is 4.98 Å². The van der Waals surface area contributed by atoms with Crippen LogP contribution in [0, 0.1) is 6.92 Å². The average Bonchev–Trinajstić information content (AvgIpc) is 2.76. The van der Waals surface area contributed by atoms with Gasteiger partial charge in [0.1, 0.15) is 5.75 Å². The Kier molecular flexibility index (Phi) is 3.57. The summed E-state index contributed by atoms with van der Waals surface area (Å²) in [7, 11) is 0. The van der Waals surface area contributed by atoms with Crippen molar-refractivity contribution in [3.8, 4) is 5.75 Å². The summed E-state index contributed by atoms with van der Waals surface area (Å²) in [6, 6.07) is 6.90. The minimum absolute atomic E-state index is 0.0892. The Labute approximate surface area is 104 Å². The number of ether oxygens (including phenoxy) is 1. The van der Waals surface area contributed by atoms with Gasteiger partial charge in [0.2, 0.25) is 0 Å². The van der Waals surface area contributed by atoms with Crippen LogP contribution >= 0.6 is 0 Å². The fourth-order valence-corrected chi connectivity index (χ4v) is 1.39. The Morgan fingerprint density at radius 3 is 2.67 bits per heavy atom. The first-order valence-corrected chi connectivity index (χ1v) is 5.53. The maximum atomic E-state index is 11.8. The van der Waals surface area contributed by atoms with Crippen LogP contribution in [0.3, 0.4) is 0 Å². The van der Waals surface area contributed by atoms with E-state index in [4.69, 9.17) is 9.26 Å². The van der Waals surface area contributed by atoms with E-state index in [0.717, 1.165) is 5.75 Å². The molecule has 0 aliphatic rings. The van der Waals surface area contributed by atoms with E-state index in [1.807, 2.05) is 6.92 Å². The number of benzene rings is 1. The smallest absolute Gasteiger partial charge is 0.328 e. The highest BCUT2D eigenvalue weighted by atomic mass is 16.5. The molecule has 0 spiro atoms. The van der Waals surface area contributed by atoms with Crippen LogP contribution in [0.5, 0.6) is 5.75 Å². The molecule has 0 atom stereocenters. The van der Waals surface area contributed by atoms with Crippen LogP contribution in [0.1, 0.15) is 23.1 Å². The maximum Gasteiger partial charge on any atom is 0.328 e. The van der Waals surface area contributed by atoms with Crippen LogP contribution in [-0.4, -0.2) is 22.7 Å². The maximum absolute atomic E-state index is 11.8. The molecule has 0 aliphatic heterocycles. The topological polar surface area (TPSA) is 77.2 Å². The highest BCUT2D eigenvalue weighted by Gasteiger charge is 2.10. The molecule has 0 radical (unpaired) electrons. The number of nitrogens with one attached hydrogen (secondary N) is 1. The van der Waals surface area contributed by atoms with Crippen LogP contribution in [-0.2, 0) is 0 Å². The summed E-state index contributed by atoms with van der Waals surface area (Å²) in [4.78, 5) is 15.7. The summed E-state index contributed by atoms with van der Waals surface area (Å²) in [5, 5.41) is 6.09.